The van der Waals surface area contributed by atoms with Gasteiger partial charge in [-0.15, -0.1) is 0 Å². The third-order valence-corrected chi connectivity index (χ3v) is 6.81. The van der Waals surface area contributed by atoms with Crippen molar-refractivity contribution in [3.63, 3.8) is 0 Å². The average Bonchev–Trinajstić information content (AvgIpc) is 2.85. The molecule has 2 aromatic heterocycles. The number of rotatable bonds is 7. The van der Waals surface area contributed by atoms with Gasteiger partial charge < -0.3 is 19.6 Å². The highest BCUT2D eigenvalue weighted by Crippen LogP contribution is 2.34. The molecule has 0 saturated carbocycles. The van der Waals surface area contributed by atoms with Gasteiger partial charge in [-0.2, -0.15) is 0 Å². The van der Waals surface area contributed by atoms with E-state index < -0.39 is 17.2 Å². The molecule has 4 rings (SSSR count). The van der Waals surface area contributed by atoms with E-state index >= 15 is 0 Å². The standard InChI is InChI=1S/C27H29ClF2N4O2/c1-5-27(4,35)19-7-6-8-33(14-19)26-11-24(17(2)12-32-26)34-15-21(28)25(9-18(34)3)36-16-23-22(30)10-20(29)13-31-23/h6-13,35H,5,14-16H2,1-4H3. The summed E-state index contributed by atoms with van der Waals surface area (Å²) in [6.07, 6.45) is 11.0. The van der Waals surface area contributed by atoms with Gasteiger partial charge in [0.2, 0.25) is 0 Å². The van der Waals surface area contributed by atoms with Crippen LogP contribution in [0.3, 0.4) is 0 Å². The van der Waals surface area contributed by atoms with E-state index in [0.717, 1.165) is 40.6 Å². The zero-order valence-corrected chi connectivity index (χ0v) is 21.5. The van der Waals surface area contributed by atoms with Crippen molar-refractivity contribution in [1.82, 2.24) is 9.97 Å². The Bertz CT molecular complexity index is 1290. The highest BCUT2D eigenvalue weighted by Gasteiger charge is 2.27. The fourth-order valence-corrected chi connectivity index (χ4v) is 4.24. The number of allylic oxidation sites excluding steroid dienone is 4. The fraction of sp³-hybridized carbons (Fsp3) is 0.333. The Morgan fingerprint density at radius 3 is 2.67 bits per heavy atom. The van der Waals surface area contributed by atoms with Gasteiger partial charge in [-0.05, 0) is 44.4 Å². The fourth-order valence-electron chi connectivity index (χ4n) is 4.01. The molecule has 36 heavy (non-hydrogen) atoms. The number of anilines is 2. The normalized spacial score (nSPS) is 17.7. The molecular weight excluding hydrogens is 486 g/mol. The molecule has 0 saturated heterocycles. The summed E-state index contributed by atoms with van der Waals surface area (Å²) < 4.78 is 32.8. The van der Waals surface area contributed by atoms with Crippen LogP contribution in [0.1, 0.15) is 38.4 Å². The second kappa shape index (κ2) is 10.4. The summed E-state index contributed by atoms with van der Waals surface area (Å²) in [5.41, 5.74) is 2.82. The number of aryl methyl sites for hydroxylation is 1. The van der Waals surface area contributed by atoms with Crippen LogP contribution in [-0.2, 0) is 11.3 Å². The van der Waals surface area contributed by atoms with Gasteiger partial charge in [0.1, 0.15) is 29.7 Å². The molecule has 2 aliphatic heterocycles. The van der Waals surface area contributed by atoms with Gasteiger partial charge in [0.05, 0.1) is 23.4 Å². The number of halogens is 3. The topological polar surface area (TPSA) is 61.7 Å². The second-order valence-corrected chi connectivity index (χ2v) is 9.59. The van der Waals surface area contributed by atoms with E-state index in [1.54, 1.807) is 6.08 Å². The van der Waals surface area contributed by atoms with Crippen molar-refractivity contribution in [1.29, 1.82) is 0 Å². The highest BCUT2D eigenvalue weighted by atomic mass is 35.5. The Hall–Kier alpha value is -3.23. The van der Waals surface area contributed by atoms with Crippen LogP contribution < -0.4 is 9.80 Å². The van der Waals surface area contributed by atoms with Gasteiger partial charge in [-0.1, -0.05) is 24.6 Å². The summed E-state index contributed by atoms with van der Waals surface area (Å²) in [6, 6.07) is 2.77. The van der Waals surface area contributed by atoms with Crippen molar-refractivity contribution in [3.05, 3.63) is 93.9 Å². The van der Waals surface area contributed by atoms with E-state index in [-0.39, 0.29) is 12.3 Å². The molecule has 0 bridgehead atoms. The molecule has 1 N–H and O–H groups in total. The Morgan fingerprint density at radius 2 is 1.94 bits per heavy atom. The van der Waals surface area contributed by atoms with Crippen LogP contribution in [0.15, 0.2) is 71.0 Å². The van der Waals surface area contributed by atoms with Crippen LogP contribution >= 0.6 is 11.6 Å². The van der Waals surface area contributed by atoms with Gasteiger partial charge >= 0.3 is 0 Å². The van der Waals surface area contributed by atoms with Gasteiger partial charge in [0.15, 0.2) is 5.82 Å². The quantitative estimate of drug-likeness (QED) is 0.498. The monoisotopic (exact) mass is 514 g/mol. The molecule has 6 nitrogen and oxygen atoms in total. The minimum absolute atomic E-state index is 0.00141. The molecule has 2 aliphatic rings. The lowest BCUT2D eigenvalue weighted by atomic mass is 9.91. The lowest BCUT2D eigenvalue weighted by molar-refractivity contribution is 0.0929. The Morgan fingerprint density at radius 1 is 1.17 bits per heavy atom. The molecule has 0 spiro atoms. The van der Waals surface area contributed by atoms with E-state index in [1.807, 2.05) is 63.2 Å². The first-order valence-corrected chi connectivity index (χ1v) is 12.1. The largest absolute Gasteiger partial charge is 0.486 e. The van der Waals surface area contributed by atoms with Crippen molar-refractivity contribution in [3.8, 4) is 0 Å². The summed E-state index contributed by atoms with van der Waals surface area (Å²) >= 11 is 6.57. The first-order valence-electron chi connectivity index (χ1n) is 11.7. The lowest BCUT2D eigenvalue weighted by Crippen LogP contribution is -2.35. The maximum Gasteiger partial charge on any atom is 0.151 e. The van der Waals surface area contributed by atoms with Crippen LogP contribution in [0.5, 0.6) is 0 Å². The van der Waals surface area contributed by atoms with E-state index in [4.69, 9.17) is 16.3 Å². The highest BCUT2D eigenvalue weighted by molar-refractivity contribution is 6.30. The molecule has 190 valence electrons. The van der Waals surface area contributed by atoms with Crippen LogP contribution in [0.2, 0.25) is 0 Å². The molecule has 1 atom stereocenters. The van der Waals surface area contributed by atoms with E-state index in [0.29, 0.717) is 30.3 Å². The Balaban J connectivity index is 1.52. The van der Waals surface area contributed by atoms with Crippen molar-refractivity contribution >= 4 is 23.1 Å². The van der Waals surface area contributed by atoms with E-state index in [1.165, 1.54) is 0 Å². The molecule has 2 aromatic rings. The van der Waals surface area contributed by atoms with Gasteiger partial charge in [0.25, 0.3) is 0 Å². The summed E-state index contributed by atoms with van der Waals surface area (Å²) in [6.45, 7) is 8.41. The predicted molar refractivity (Wildman–Crippen MR) is 137 cm³/mol. The lowest BCUT2D eigenvalue weighted by Gasteiger charge is -2.34. The average molecular weight is 515 g/mol. The zero-order valence-electron chi connectivity index (χ0n) is 20.7. The molecule has 0 radical (unpaired) electrons. The Labute approximate surface area is 214 Å². The molecule has 0 aliphatic carbocycles. The number of hydrogen-bond donors (Lipinski definition) is 1. The predicted octanol–water partition coefficient (Wildman–Crippen LogP) is 5.88. The first-order chi connectivity index (χ1) is 17.1. The number of nitrogens with zero attached hydrogens (tertiary/aromatic N) is 4. The smallest absolute Gasteiger partial charge is 0.151 e. The van der Waals surface area contributed by atoms with Crippen molar-refractivity contribution < 1.29 is 18.6 Å². The number of aromatic nitrogens is 2. The van der Waals surface area contributed by atoms with E-state index in [9.17, 15) is 13.9 Å². The summed E-state index contributed by atoms with van der Waals surface area (Å²) in [5, 5.41) is 11.2. The molecule has 0 aromatic carbocycles. The van der Waals surface area contributed by atoms with Gasteiger partial charge in [-0.3, -0.25) is 4.98 Å². The Kier molecular flexibility index (Phi) is 7.47. The summed E-state index contributed by atoms with van der Waals surface area (Å²) in [7, 11) is 0. The second-order valence-electron chi connectivity index (χ2n) is 9.13. The summed E-state index contributed by atoms with van der Waals surface area (Å²) in [5.74, 6) is -0.349. The van der Waals surface area contributed by atoms with Crippen LogP contribution in [0.4, 0.5) is 20.3 Å². The molecule has 0 fully saturated rings. The van der Waals surface area contributed by atoms with E-state index in [2.05, 4.69) is 14.9 Å². The van der Waals surface area contributed by atoms with Crippen LogP contribution in [0.25, 0.3) is 0 Å². The SMILES string of the molecule is CCC(C)(O)C1=CC=CN(c2cc(N3CC(Cl)=C(OCc4ncc(F)cc4F)C=C3C)c(C)cn2)C1. The van der Waals surface area contributed by atoms with Crippen molar-refractivity contribution in [2.24, 2.45) is 0 Å². The molecule has 4 heterocycles. The van der Waals surface area contributed by atoms with Crippen LogP contribution in [-0.4, -0.2) is 33.8 Å². The molecular formula is C27H29ClF2N4O2. The zero-order chi connectivity index (χ0) is 26.0. The molecule has 1 unspecified atom stereocenters. The maximum absolute atomic E-state index is 13.9. The van der Waals surface area contributed by atoms with Crippen LogP contribution in [0, 0.1) is 18.6 Å². The number of hydrogen-bond acceptors (Lipinski definition) is 6. The molecule has 9 heteroatoms. The molecule has 0 amide bonds. The van der Waals surface area contributed by atoms with Gasteiger partial charge in [-0.25, -0.2) is 13.8 Å². The maximum atomic E-state index is 13.9. The number of aliphatic hydroxyl groups is 1. The number of pyridine rings is 2. The van der Waals surface area contributed by atoms with Gasteiger partial charge in [0, 0.05) is 48.5 Å². The summed E-state index contributed by atoms with van der Waals surface area (Å²) in [4.78, 5) is 12.4. The third kappa shape index (κ3) is 5.44. The first kappa shape index (κ1) is 25.9. The van der Waals surface area contributed by atoms with Crippen molar-refractivity contribution in [2.45, 2.75) is 46.3 Å². The minimum Gasteiger partial charge on any atom is -0.486 e. The van der Waals surface area contributed by atoms with Crippen molar-refractivity contribution in [2.75, 3.05) is 22.9 Å². The third-order valence-electron chi connectivity index (χ3n) is 6.51. The minimum atomic E-state index is -0.885. The number of ether oxygens (including phenoxy) is 1.